The highest BCUT2D eigenvalue weighted by Gasteiger charge is 2.11. The molecule has 0 aliphatic carbocycles. The quantitative estimate of drug-likeness (QED) is 0.0964. The fraction of sp³-hybridized carbons (Fsp3) is 0.0714. The summed E-state index contributed by atoms with van der Waals surface area (Å²) in [6.45, 7) is 6.16. The Morgan fingerprint density at radius 3 is 2.54 bits per heavy atom. The Balaban J connectivity index is 1.46. The minimum Gasteiger partial charge on any atom is -0.487 e. The van der Waals surface area contributed by atoms with E-state index in [2.05, 4.69) is 91.4 Å². The van der Waals surface area contributed by atoms with E-state index in [0.717, 1.165) is 42.0 Å². The first kappa shape index (κ1) is 24.9. The summed E-state index contributed by atoms with van der Waals surface area (Å²) in [5.41, 5.74) is 8.31. The number of carbonyl (C=O) groups excluding carboxylic acids is 1. The molecule has 1 N–H and O–H groups in total. The van der Waals surface area contributed by atoms with Crippen LogP contribution in [-0.2, 0) is 0 Å². The lowest BCUT2D eigenvalue weighted by Crippen LogP contribution is -2.17. The van der Waals surface area contributed by atoms with Gasteiger partial charge >= 0.3 is 0 Å². The Bertz CT molecular complexity index is 1360. The van der Waals surface area contributed by atoms with Crippen molar-refractivity contribution in [2.24, 2.45) is 5.10 Å². The number of aromatic nitrogens is 1. The number of hydrogen-bond acceptors (Lipinski definition) is 3. The molecule has 1 amide bonds. The van der Waals surface area contributed by atoms with E-state index in [1.54, 1.807) is 24.4 Å². The number of halogens is 2. The predicted molar refractivity (Wildman–Crippen MR) is 154 cm³/mol. The summed E-state index contributed by atoms with van der Waals surface area (Å²) >= 11 is 5.72. The Kier molecular flexibility index (Phi) is 8.20. The first-order valence-corrected chi connectivity index (χ1v) is 12.8. The number of hydrazone groups is 1. The van der Waals surface area contributed by atoms with Gasteiger partial charge in [-0.2, -0.15) is 5.10 Å². The topological polar surface area (TPSA) is 55.6 Å². The maximum atomic E-state index is 12.6. The van der Waals surface area contributed by atoms with Crippen molar-refractivity contribution in [3.63, 3.8) is 0 Å². The summed E-state index contributed by atoms with van der Waals surface area (Å²) in [6.07, 6.45) is 3.30. The summed E-state index contributed by atoms with van der Waals surface area (Å²) in [4.78, 5) is 12.6. The molecule has 0 unspecified atom stereocenters. The molecule has 4 rings (SSSR count). The van der Waals surface area contributed by atoms with E-state index >= 15 is 0 Å². The molecule has 0 aliphatic heterocycles. The van der Waals surface area contributed by atoms with Gasteiger partial charge in [-0.05, 0) is 105 Å². The number of hydrogen-bond donors (Lipinski definition) is 1. The van der Waals surface area contributed by atoms with Gasteiger partial charge in [-0.15, -0.1) is 0 Å². The Hall–Kier alpha value is -3.17. The van der Waals surface area contributed by atoms with Gasteiger partial charge in [0.1, 0.15) is 12.4 Å². The van der Waals surface area contributed by atoms with Crippen LogP contribution in [0.4, 0.5) is 0 Å². The van der Waals surface area contributed by atoms with Gasteiger partial charge in [0.25, 0.3) is 5.91 Å². The lowest BCUT2D eigenvalue weighted by atomic mass is 10.1. The van der Waals surface area contributed by atoms with E-state index in [1.165, 1.54) is 0 Å². The van der Waals surface area contributed by atoms with Gasteiger partial charge in [-0.3, -0.25) is 4.79 Å². The van der Waals surface area contributed by atoms with Gasteiger partial charge in [-0.1, -0.05) is 43.0 Å². The lowest BCUT2D eigenvalue weighted by Gasteiger charge is -2.12. The zero-order valence-corrected chi connectivity index (χ0v) is 22.8. The normalized spacial score (nSPS) is 10.9. The molecule has 1 aromatic heterocycles. The molecule has 4 aromatic rings. The van der Waals surface area contributed by atoms with Crippen LogP contribution in [0.3, 0.4) is 0 Å². The molecule has 0 radical (unpaired) electrons. The highest BCUT2D eigenvalue weighted by Crippen LogP contribution is 2.31. The van der Waals surface area contributed by atoms with E-state index in [4.69, 9.17) is 4.74 Å². The van der Waals surface area contributed by atoms with Crippen molar-refractivity contribution >= 4 is 50.6 Å². The molecule has 3 aromatic carbocycles. The van der Waals surface area contributed by atoms with Crippen LogP contribution in [0.5, 0.6) is 5.75 Å². The Morgan fingerprint density at radius 1 is 1.11 bits per heavy atom. The smallest absolute Gasteiger partial charge is 0.271 e. The minimum absolute atomic E-state index is 0.278. The van der Waals surface area contributed by atoms with Crippen LogP contribution in [0.15, 0.2) is 101 Å². The van der Waals surface area contributed by atoms with Crippen molar-refractivity contribution in [1.29, 1.82) is 0 Å². The summed E-state index contributed by atoms with van der Waals surface area (Å²) < 4.78 is 9.58. The van der Waals surface area contributed by atoms with Crippen molar-refractivity contribution in [3.05, 3.63) is 116 Å². The molecule has 0 fully saturated rings. The number of rotatable bonds is 8. The van der Waals surface area contributed by atoms with Crippen LogP contribution in [0.2, 0.25) is 0 Å². The fourth-order valence-corrected chi connectivity index (χ4v) is 5.41. The summed E-state index contributed by atoms with van der Waals surface area (Å²) in [5, 5.41) is 4.12. The molecule has 0 spiro atoms. The van der Waals surface area contributed by atoms with Crippen molar-refractivity contribution in [1.82, 2.24) is 9.99 Å². The van der Waals surface area contributed by atoms with Gasteiger partial charge in [0.05, 0.1) is 20.0 Å². The van der Waals surface area contributed by atoms with Gasteiger partial charge < -0.3 is 9.30 Å². The average molecular weight is 640 g/mol. The number of aryl methyl sites for hydroxylation is 1. The Morgan fingerprint density at radius 2 is 1.86 bits per heavy atom. The SMILES string of the molecule is C=CCOc1c(Br)cc(/C=N/NC(=O)c2ccc(-n3c(C)ccc3-c3ccccc3)cc2)cc1I. The van der Waals surface area contributed by atoms with E-state index in [0.29, 0.717) is 12.2 Å². The molecular weight excluding hydrogens is 617 g/mol. The maximum absolute atomic E-state index is 12.6. The predicted octanol–water partition coefficient (Wildman–Crippen LogP) is 7.15. The fourth-order valence-electron chi connectivity index (χ4n) is 3.64. The molecule has 0 saturated heterocycles. The van der Waals surface area contributed by atoms with E-state index in [9.17, 15) is 4.79 Å². The molecular formula is C28H23BrIN3O2. The van der Waals surface area contributed by atoms with Gasteiger partial charge in [0.15, 0.2) is 0 Å². The molecule has 35 heavy (non-hydrogen) atoms. The van der Waals surface area contributed by atoms with Crippen molar-refractivity contribution in [3.8, 4) is 22.7 Å². The lowest BCUT2D eigenvalue weighted by molar-refractivity contribution is 0.0955. The number of ether oxygens (including phenoxy) is 1. The highest BCUT2D eigenvalue weighted by molar-refractivity contribution is 14.1. The number of benzene rings is 3. The molecule has 0 bridgehead atoms. The van der Waals surface area contributed by atoms with Crippen LogP contribution in [0.1, 0.15) is 21.6 Å². The number of nitrogens with zero attached hydrogens (tertiary/aromatic N) is 2. The second-order valence-electron chi connectivity index (χ2n) is 7.72. The van der Waals surface area contributed by atoms with Crippen LogP contribution < -0.4 is 10.2 Å². The van der Waals surface area contributed by atoms with Gasteiger partial charge in [0, 0.05) is 16.9 Å². The highest BCUT2D eigenvalue weighted by atomic mass is 127. The molecule has 7 heteroatoms. The second kappa shape index (κ2) is 11.5. The molecule has 0 aliphatic rings. The summed E-state index contributed by atoms with van der Waals surface area (Å²) in [7, 11) is 0. The third kappa shape index (κ3) is 5.91. The van der Waals surface area contributed by atoms with Crippen LogP contribution in [0.25, 0.3) is 16.9 Å². The van der Waals surface area contributed by atoms with Gasteiger partial charge in [0.2, 0.25) is 0 Å². The first-order chi connectivity index (χ1) is 17.0. The molecule has 176 valence electrons. The van der Waals surface area contributed by atoms with Crippen LogP contribution in [0, 0.1) is 10.5 Å². The first-order valence-electron chi connectivity index (χ1n) is 10.9. The number of nitrogens with one attached hydrogen (secondary N) is 1. The van der Waals surface area contributed by atoms with Crippen molar-refractivity contribution < 1.29 is 9.53 Å². The van der Waals surface area contributed by atoms with E-state index in [1.807, 2.05) is 42.5 Å². The third-order valence-electron chi connectivity index (χ3n) is 5.28. The van der Waals surface area contributed by atoms with Crippen LogP contribution in [-0.4, -0.2) is 23.3 Å². The second-order valence-corrected chi connectivity index (χ2v) is 9.74. The molecule has 0 atom stereocenters. The zero-order chi connectivity index (χ0) is 24.8. The number of carbonyl (C=O) groups is 1. The monoisotopic (exact) mass is 639 g/mol. The number of amides is 1. The maximum Gasteiger partial charge on any atom is 0.271 e. The molecule has 5 nitrogen and oxygen atoms in total. The molecule has 1 heterocycles. The molecule has 0 saturated carbocycles. The minimum atomic E-state index is -0.278. The van der Waals surface area contributed by atoms with Crippen LogP contribution >= 0.6 is 38.5 Å². The van der Waals surface area contributed by atoms with Crippen molar-refractivity contribution in [2.45, 2.75) is 6.92 Å². The zero-order valence-electron chi connectivity index (χ0n) is 19.0. The average Bonchev–Trinajstić information content (AvgIpc) is 3.25. The third-order valence-corrected chi connectivity index (χ3v) is 6.67. The standard InChI is InChI=1S/C28H23BrIN3O2/c1-3-15-35-27-24(29)16-20(17-25(27)30)18-31-32-28(34)22-10-12-23(13-11-22)33-19(2)9-14-26(33)21-7-5-4-6-8-21/h3-14,16-18H,1,15H2,2H3,(H,32,34)/b31-18+. The largest absolute Gasteiger partial charge is 0.487 e. The van der Waals surface area contributed by atoms with Crippen molar-refractivity contribution in [2.75, 3.05) is 6.61 Å². The van der Waals surface area contributed by atoms with Gasteiger partial charge in [-0.25, -0.2) is 5.43 Å². The van der Waals surface area contributed by atoms with E-state index < -0.39 is 0 Å². The summed E-state index contributed by atoms with van der Waals surface area (Å²) in [5.74, 6) is 0.472. The van der Waals surface area contributed by atoms with E-state index in [-0.39, 0.29) is 5.91 Å². The Labute approximate surface area is 226 Å². The summed E-state index contributed by atoms with van der Waals surface area (Å²) in [6, 6.07) is 25.8.